The van der Waals surface area contributed by atoms with Gasteiger partial charge in [-0.1, -0.05) is 13.8 Å². The van der Waals surface area contributed by atoms with Gasteiger partial charge in [0, 0.05) is 25.9 Å². The first kappa shape index (κ1) is 16.3. The maximum absolute atomic E-state index is 5.89. The molecule has 1 rings (SSSR count). The van der Waals surface area contributed by atoms with Crippen molar-refractivity contribution >= 4 is 11.6 Å². The lowest BCUT2D eigenvalue weighted by molar-refractivity contribution is 0.155. The lowest BCUT2D eigenvalue weighted by atomic mass is 9.90. The minimum absolute atomic E-state index is 0.0716. The maximum Gasteiger partial charge on any atom is 0.193 e. The first-order valence-electron chi connectivity index (χ1n) is 6.67. The monoisotopic (exact) mass is 279 g/mol. The van der Waals surface area contributed by atoms with Crippen LogP contribution in [0.2, 0.25) is 0 Å². The number of nitrogens with two attached hydrogens (primary N) is 1. The molecule has 112 valence electrons. The highest BCUT2D eigenvalue weighted by molar-refractivity contribution is 5.92. The number of methoxy groups -OCH3 is 2. The van der Waals surface area contributed by atoms with E-state index in [0.29, 0.717) is 12.5 Å². The summed E-state index contributed by atoms with van der Waals surface area (Å²) in [6, 6.07) is 7.55. The van der Waals surface area contributed by atoms with E-state index in [9.17, 15) is 0 Å². The zero-order chi connectivity index (χ0) is 15.0. The van der Waals surface area contributed by atoms with Gasteiger partial charge in [-0.25, -0.2) is 0 Å². The van der Waals surface area contributed by atoms with Crippen molar-refractivity contribution in [3.63, 3.8) is 0 Å². The van der Waals surface area contributed by atoms with E-state index >= 15 is 0 Å². The van der Waals surface area contributed by atoms with E-state index < -0.39 is 0 Å². The van der Waals surface area contributed by atoms with Gasteiger partial charge in [-0.3, -0.25) is 4.99 Å². The molecule has 0 atom stereocenters. The Labute approximate surface area is 121 Å². The smallest absolute Gasteiger partial charge is 0.193 e. The molecule has 1 aromatic carbocycles. The van der Waals surface area contributed by atoms with Crippen LogP contribution in [0.4, 0.5) is 5.69 Å². The van der Waals surface area contributed by atoms with E-state index in [0.717, 1.165) is 24.5 Å². The number of aliphatic imine (C=N–C) groups is 1. The number of nitrogens with one attached hydrogen (secondary N) is 1. The molecule has 0 saturated carbocycles. The summed E-state index contributed by atoms with van der Waals surface area (Å²) in [5, 5.41) is 3.06. The zero-order valence-electron chi connectivity index (χ0n) is 12.8. The molecule has 0 aliphatic heterocycles. The van der Waals surface area contributed by atoms with Crippen LogP contribution in [0.3, 0.4) is 0 Å². The molecular formula is C15H25N3O2. The fraction of sp³-hybridized carbons (Fsp3) is 0.533. The zero-order valence-corrected chi connectivity index (χ0v) is 12.8. The number of anilines is 1. The molecule has 0 spiro atoms. The number of rotatable bonds is 7. The minimum atomic E-state index is 0.0716. The molecule has 20 heavy (non-hydrogen) atoms. The Balaban J connectivity index is 2.52. The molecule has 5 nitrogen and oxygen atoms in total. The fourth-order valence-corrected chi connectivity index (χ4v) is 1.62. The van der Waals surface area contributed by atoms with Crippen LogP contribution >= 0.6 is 0 Å². The largest absolute Gasteiger partial charge is 0.497 e. The van der Waals surface area contributed by atoms with Crippen molar-refractivity contribution in [2.45, 2.75) is 20.3 Å². The molecule has 0 aliphatic carbocycles. The average Bonchev–Trinajstić information content (AvgIpc) is 2.44. The molecule has 0 heterocycles. The van der Waals surface area contributed by atoms with Crippen molar-refractivity contribution in [2.24, 2.45) is 16.1 Å². The molecule has 0 fully saturated rings. The van der Waals surface area contributed by atoms with Crippen molar-refractivity contribution < 1.29 is 9.47 Å². The molecule has 0 bridgehead atoms. The Morgan fingerprint density at radius 3 is 2.45 bits per heavy atom. The van der Waals surface area contributed by atoms with Gasteiger partial charge in [-0.2, -0.15) is 0 Å². The number of guanidine groups is 1. The number of benzene rings is 1. The van der Waals surface area contributed by atoms with Crippen LogP contribution in [0.1, 0.15) is 20.3 Å². The second kappa shape index (κ2) is 7.75. The van der Waals surface area contributed by atoms with Gasteiger partial charge in [-0.05, 0) is 36.1 Å². The van der Waals surface area contributed by atoms with Crippen molar-refractivity contribution in [3.05, 3.63) is 24.3 Å². The summed E-state index contributed by atoms with van der Waals surface area (Å²) >= 11 is 0. The Hall–Kier alpha value is -1.75. The summed E-state index contributed by atoms with van der Waals surface area (Å²) in [5.74, 6) is 1.23. The molecule has 0 saturated heterocycles. The summed E-state index contributed by atoms with van der Waals surface area (Å²) in [5.41, 5.74) is 6.85. The molecule has 0 amide bonds. The van der Waals surface area contributed by atoms with E-state index in [2.05, 4.69) is 24.2 Å². The standard InChI is InChI=1S/C15H25N3O2/c1-15(2,9-10-19-3)11-17-14(16)18-12-5-7-13(20-4)8-6-12/h5-8H,9-11H2,1-4H3,(H3,16,17,18). The highest BCUT2D eigenvalue weighted by Crippen LogP contribution is 2.20. The fourth-order valence-electron chi connectivity index (χ4n) is 1.62. The van der Waals surface area contributed by atoms with Crippen molar-refractivity contribution in [2.75, 3.05) is 32.7 Å². The summed E-state index contributed by atoms with van der Waals surface area (Å²) in [4.78, 5) is 4.38. The molecule has 1 aromatic rings. The number of ether oxygens (including phenoxy) is 2. The van der Waals surface area contributed by atoms with Gasteiger partial charge in [0.05, 0.1) is 7.11 Å². The molecule has 0 radical (unpaired) electrons. The van der Waals surface area contributed by atoms with E-state index in [1.165, 1.54) is 0 Å². The van der Waals surface area contributed by atoms with Gasteiger partial charge in [0.2, 0.25) is 0 Å². The Bertz CT molecular complexity index is 427. The van der Waals surface area contributed by atoms with Crippen molar-refractivity contribution in [3.8, 4) is 5.75 Å². The molecule has 3 N–H and O–H groups in total. The summed E-state index contributed by atoms with van der Waals surface area (Å²) in [6.45, 7) is 5.69. The van der Waals surface area contributed by atoms with Gasteiger partial charge in [-0.15, -0.1) is 0 Å². The molecule has 0 unspecified atom stereocenters. The lowest BCUT2D eigenvalue weighted by Crippen LogP contribution is -2.26. The normalized spacial score (nSPS) is 12.3. The second-order valence-corrected chi connectivity index (χ2v) is 5.46. The van der Waals surface area contributed by atoms with E-state index in [1.807, 2.05) is 24.3 Å². The second-order valence-electron chi connectivity index (χ2n) is 5.46. The minimum Gasteiger partial charge on any atom is -0.497 e. The third-order valence-electron chi connectivity index (χ3n) is 3.02. The predicted octanol–water partition coefficient (Wildman–Crippen LogP) is 2.48. The summed E-state index contributed by atoms with van der Waals surface area (Å²) in [6.07, 6.45) is 0.947. The third-order valence-corrected chi connectivity index (χ3v) is 3.02. The highest BCUT2D eigenvalue weighted by atomic mass is 16.5. The summed E-state index contributed by atoms with van der Waals surface area (Å²) in [7, 11) is 3.35. The van der Waals surface area contributed by atoms with Gasteiger partial charge in [0.1, 0.15) is 5.75 Å². The van der Waals surface area contributed by atoms with Crippen LogP contribution in [-0.4, -0.2) is 33.3 Å². The number of hydrogen-bond donors (Lipinski definition) is 2. The van der Waals surface area contributed by atoms with Gasteiger partial charge in [0.25, 0.3) is 0 Å². The predicted molar refractivity (Wildman–Crippen MR) is 83.4 cm³/mol. The molecule has 0 aliphatic rings. The van der Waals surface area contributed by atoms with Crippen LogP contribution in [0.15, 0.2) is 29.3 Å². The van der Waals surface area contributed by atoms with Crippen molar-refractivity contribution in [1.29, 1.82) is 0 Å². The van der Waals surface area contributed by atoms with Gasteiger partial charge < -0.3 is 20.5 Å². The maximum atomic E-state index is 5.89. The molecular weight excluding hydrogens is 254 g/mol. The summed E-state index contributed by atoms with van der Waals surface area (Å²) < 4.78 is 10.2. The first-order valence-corrected chi connectivity index (χ1v) is 6.67. The average molecular weight is 279 g/mol. The van der Waals surface area contributed by atoms with Crippen LogP contribution in [0, 0.1) is 5.41 Å². The van der Waals surface area contributed by atoms with E-state index in [-0.39, 0.29) is 5.41 Å². The number of nitrogens with zero attached hydrogens (tertiary/aromatic N) is 1. The topological polar surface area (TPSA) is 68.9 Å². The quantitative estimate of drug-likeness (QED) is 0.594. The molecule has 5 heteroatoms. The number of hydrogen-bond acceptors (Lipinski definition) is 3. The van der Waals surface area contributed by atoms with Crippen LogP contribution in [0.25, 0.3) is 0 Å². The Morgan fingerprint density at radius 1 is 1.25 bits per heavy atom. The molecule has 0 aromatic heterocycles. The highest BCUT2D eigenvalue weighted by Gasteiger charge is 2.16. The lowest BCUT2D eigenvalue weighted by Gasteiger charge is -2.22. The first-order chi connectivity index (χ1) is 9.46. The van der Waals surface area contributed by atoms with Crippen LogP contribution in [0.5, 0.6) is 5.75 Å². The van der Waals surface area contributed by atoms with Gasteiger partial charge >= 0.3 is 0 Å². The van der Waals surface area contributed by atoms with E-state index in [4.69, 9.17) is 15.2 Å². The Kier molecular flexibility index (Phi) is 6.31. The van der Waals surface area contributed by atoms with Crippen molar-refractivity contribution in [1.82, 2.24) is 0 Å². The third kappa shape index (κ3) is 5.93. The SMILES string of the molecule is COCCC(C)(C)CN=C(N)Nc1ccc(OC)cc1. The Morgan fingerprint density at radius 2 is 1.90 bits per heavy atom. The van der Waals surface area contributed by atoms with Crippen LogP contribution < -0.4 is 15.8 Å². The van der Waals surface area contributed by atoms with Gasteiger partial charge in [0.15, 0.2) is 5.96 Å². The van der Waals surface area contributed by atoms with E-state index in [1.54, 1.807) is 14.2 Å². The van der Waals surface area contributed by atoms with Crippen LogP contribution in [-0.2, 0) is 4.74 Å².